The maximum Gasteiger partial charge on any atom is 0.416 e. The lowest BCUT2D eigenvalue weighted by molar-refractivity contribution is -0.143. The predicted octanol–water partition coefficient (Wildman–Crippen LogP) is 6.72. The highest BCUT2D eigenvalue weighted by Crippen LogP contribution is 2.37. The zero-order valence-corrected chi connectivity index (χ0v) is 23.2. The fourth-order valence-corrected chi connectivity index (χ4v) is 4.84. The van der Waals surface area contributed by atoms with E-state index >= 15 is 0 Å². The van der Waals surface area contributed by atoms with Gasteiger partial charge in [-0.1, -0.05) is 42.5 Å². The smallest absolute Gasteiger partial charge is 0.406 e. The van der Waals surface area contributed by atoms with Gasteiger partial charge in [-0.05, 0) is 41.6 Å². The topological polar surface area (TPSA) is 61.8 Å². The summed E-state index contributed by atoms with van der Waals surface area (Å²) in [5.41, 5.74) is -2.32. The molecule has 0 bridgehead atoms. The van der Waals surface area contributed by atoms with Crippen molar-refractivity contribution in [3.8, 4) is 17.0 Å². The minimum absolute atomic E-state index is 0.00824. The number of rotatable bonds is 5. The predicted molar refractivity (Wildman–Crippen MR) is 149 cm³/mol. The van der Waals surface area contributed by atoms with Crippen LogP contribution in [0.2, 0.25) is 0 Å². The quantitative estimate of drug-likeness (QED) is 0.236. The molecule has 226 valence electrons. The minimum Gasteiger partial charge on any atom is -0.406 e. The standard InChI is InChI=1S/C30H27F6N5O2/c1-39-10-12-41(13-11-39)27-37-17-25(26(38-27)24-9-5-7-20-6-3-4-8-23(20)24)43-28(42)40(2)18-19-14-21(29(31,32)33)16-22(15-19)30(34,35)36/h3-9,14-17H,10-13,18H2,1-2H3. The van der Waals surface area contributed by atoms with Gasteiger partial charge in [-0.25, -0.2) is 14.8 Å². The van der Waals surface area contributed by atoms with E-state index in [2.05, 4.69) is 9.88 Å². The van der Waals surface area contributed by atoms with Crippen molar-refractivity contribution in [1.29, 1.82) is 0 Å². The van der Waals surface area contributed by atoms with Gasteiger partial charge < -0.3 is 19.4 Å². The summed E-state index contributed by atoms with van der Waals surface area (Å²) in [5.74, 6) is 0.430. The Balaban J connectivity index is 1.47. The molecule has 0 atom stereocenters. The zero-order valence-electron chi connectivity index (χ0n) is 23.2. The first-order valence-corrected chi connectivity index (χ1v) is 13.3. The number of halogens is 6. The molecule has 1 amide bonds. The highest BCUT2D eigenvalue weighted by Gasteiger charge is 2.37. The Morgan fingerprint density at radius 3 is 2.19 bits per heavy atom. The van der Waals surface area contributed by atoms with Crippen LogP contribution < -0.4 is 9.64 Å². The Labute approximate surface area is 243 Å². The molecule has 3 aromatic carbocycles. The summed E-state index contributed by atoms with van der Waals surface area (Å²) in [6.07, 6.45) is -9.67. The molecule has 0 spiro atoms. The fourth-order valence-electron chi connectivity index (χ4n) is 4.84. The minimum atomic E-state index is -5.01. The van der Waals surface area contributed by atoms with Crippen LogP contribution >= 0.6 is 0 Å². The van der Waals surface area contributed by atoms with Crippen LogP contribution in [0, 0.1) is 0 Å². The van der Waals surface area contributed by atoms with Gasteiger partial charge in [0.1, 0.15) is 5.69 Å². The van der Waals surface area contributed by atoms with Gasteiger partial charge in [0.2, 0.25) is 5.95 Å². The third-order valence-electron chi connectivity index (χ3n) is 7.15. The third-order valence-corrected chi connectivity index (χ3v) is 7.15. The number of aromatic nitrogens is 2. The molecule has 4 aromatic rings. The zero-order chi connectivity index (χ0) is 30.9. The molecule has 1 saturated heterocycles. The number of ether oxygens (including phenoxy) is 1. The van der Waals surface area contributed by atoms with E-state index in [1.807, 2.05) is 54.4 Å². The summed E-state index contributed by atoms with van der Waals surface area (Å²) in [5, 5.41) is 1.75. The first-order chi connectivity index (χ1) is 20.3. The molecule has 0 radical (unpaired) electrons. The highest BCUT2D eigenvalue weighted by molar-refractivity contribution is 5.97. The van der Waals surface area contributed by atoms with Crippen molar-refractivity contribution in [2.75, 3.05) is 45.2 Å². The van der Waals surface area contributed by atoms with Crippen molar-refractivity contribution in [1.82, 2.24) is 19.8 Å². The Morgan fingerprint density at radius 1 is 0.907 bits per heavy atom. The van der Waals surface area contributed by atoms with E-state index in [0.29, 0.717) is 42.4 Å². The van der Waals surface area contributed by atoms with Crippen LogP contribution in [-0.4, -0.2) is 66.1 Å². The average molecular weight is 604 g/mol. The SMILES string of the molecule is CN1CCN(c2ncc(OC(=O)N(C)Cc3cc(C(F)(F)F)cc(C(F)(F)F)c3)c(-c3cccc4ccccc34)n2)CC1. The first-order valence-electron chi connectivity index (χ1n) is 13.3. The van der Waals surface area contributed by atoms with E-state index in [1.165, 1.54) is 13.2 Å². The molecule has 1 aromatic heterocycles. The Bertz CT molecular complexity index is 1600. The van der Waals surface area contributed by atoms with E-state index in [1.54, 1.807) is 0 Å². The van der Waals surface area contributed by atoms with Crippen LogP contribution in [0.25, 0.3) is 22.0 Å². The maximum absolute atomic E-state index is 13.3. The second kappa shape index (κ2) is 11.7. The van der Waals surface area contributed by atoms with E-state index in [-0.39, 0.29) is 17.4 Å². The summed E-state index contributed by atoms with van der Waals surface area (Å²) < 4.78 is 85.6. The Morgan fingerprint density at radius 2 is 1.53 bits per heavy atom. The van der Waals surface area contributed by atoms with Crippen LogP contribution in [0.15, 0.2) is 66.9 Å². The number of alkyl halides is 6. The molecular formula is C30H27F6N5O2. The number of piperazine rings is 1. The number of anilines is 1. The van der Waals surface area contributed by atoms with Crippen LogP contribution in [0.5, 0.6) is 5.75 Å². The number of carbonyl (C=O) groups is 1. The molecular weight excluding hydrogens is 576 g/mol. The summed E-state index contributed by atoms with van der Waals surface area (Å²) in [4.78, 5) is 27.4. The highest BCUT2D eigenvalue weighted by atomic mass is 19.4. The number of amides is 1. The lowest BCUT2D eigenvalue weighted by Crippen LogP contribution is -2.45. The number of hydrogen-bond donors (Lipinski definition) is 0. The number of fused-ring (bicyclic) bond motifs is 1. The second-order valence-electron chi connectivity index (χ2n) is 10.3. The molecule has 5 rings (SSSR count). The summed E-state index contributed by atoms with van der Waals surface area (Å²) in [6.45, 7) is 2.41. The number of likely N-dealkylation sites (N-methyl/N-ethyl adjacent to an activating group) is 1. The van der Waals surface area contributed by atoms with Gasteiger partial charge >= 0.3 is 18.4 Å². The molecule has 1 fully saturated rings. The molecule has 7 nitrogen and oxygen atoms in total. The molecule has 0 N–H and O–H groups in total. The number of hydrogen-bond acceptors (Lipinski definition) is 6. The number of benzene rings is 3. The lowest BCUT2D eigenvalue weighted by atomic mass is 10.0. The van der Waals surface area contributed by atoms with Crippen LogP contribution in [0.4, 0.5) is 37.1 Å². The van der Waals surface area contributed by atoms with Gasteiger partial charge in [-0.15, -0.1) is 0 Å². The van der Waals surface area contributed by atoms with Crippen molar-refractivity contribution < 1.29 is 35.9 Å². The second-order valence-corrected chi connectivity index (χ2v) is 10.3. The number of nitrogens with zero attached hydrogens (tertiary/aromatic N) is 5. The van der Waals surface area contributed by atoms with Crippen LogP contribution in [0.3, 0.4) is 0 Å². The van der Waals surface area contributed by atoms with Gasteiger partial charge in [0.25, 0.3) is 0 Å². The van der Waals surface area contributed by atoms with Crippen molar-refractivity contribution in [2.45, 2.75) is 18.9 Å². The van der Waals surface area contributed by atoms with Gasteiger partial charge in [-0.3, -0.25) is 0 Å². The van der Waals surface area contributed by atoms with Crippen LogP contribution in [0.1, 0.15) is 16.7 Å². The van der Waals surface area contributed by atoms with Crippen molar-refractivity contribution in [2.24, 2.45) is 0 Å². The first kappa shape index (κ1) is 30.1. The van der Waals surface area contributed by atoms with E-state index in [9.17, 15) is 31.1 Å². The monoisotopic (exact) mass is 603 g/mol. The largest absolute Gasteiger partial charge is 0.416 e. The van der Waals surface area contributed by atoms with Crippen LogP contribution in [-0.2, 0) is 18.9 Å². The third kappa shape index (κ3) is 6.82. The number of carbonyl (C=O) groups excluding carboxylic acids is 1. The summed E-state index contributed by atoms with van der Waals surface area (Å²) in [6, 6.07) is 14.3. The van der Waals surface area contributed by atoms with Gasteiger partial charge in [-0.2, -0.15) is 26.3 Å². The van der Waals surface area contributed by atoms with Gasteiger partial charge in [0.15, 0.2) is 5.75 Å². The molecule has 0 aliphatic carbocycles. The van der Waals surface area contributed by atoms with E-state index < -0.39 is 36.1 Å². The Kier molecular flexibility index (Phi) is 8.19. The fraction of sp³-hybridized carbons (Fsp3) is 0.300. The summed E-state index contributed by atoms with van der Waals surface area (Å²) in [7, 11) is 3.23. The molecule has 1 aliphatic heterocycles. The van der Waals surface area contributed by atoms with E-state index in [0.717, 1.165) is 28.8 Å². The van der Waals surface area contributed by atoms with Crippen molar-refractivity contribution in [3.63, 3.8) is 0 Å². The molecule has 13 heteroatoms. The maximum atomic E-state index is 13.3. The van der Waals surface area contributed by atoms with Gasteiger partial charge in [0.05, 0.1) is 17.3 Å². The summed E-state index contributed by atoms with van der Waals surface area (Å²) >= 11 is 0. The van der Waals surface area contributed by atoms with Crippen molar-refractivity contribution >= 4 is 22.8 Å². The molecule has 2 heterocycles. The molecule has 0 unspecified atom stereocenters. The lowest BCUT2D eigenvalue weighted by Gasteiger charge is -2.32. The Hall–Kier alpha value is -4.39. The molecule has 0 saturated carbocycles. The molecule has 43 heavy (non-hydrogen) atoms. The average Bonchev–Trinajstić information content (AvgIpc) is 2.96. The normalized spacial score (nSPS) is 14.7. The van der Waals surface area contributed by atoms with Gasteiger partial charge in [0, 0.05) is 45.3 Å². The van der Waals surface area contributed by atoms with Crippen molar-refractivity contribution in [3.05, 3.63) is 83.6 Å². The molecule has 1 aliphatic rings. The van der Waals surface area contributed by atoms with E-state index in [4.69, 9.17) is 9.72 Å².